The molecule has 4 aromatic rings. The Hall–Kier alpha value is -4.87. The number of hydrogen-bond donors (Lipinski definition) is 2. The Morgan fingerprint density at radius 3 is 2.53 bits per heavy atom. The zero-order valence-electron chi connectivity index (χ0n) is 19.8. The second kappa shape index (κ2) is 8.73. The first-order chi connectivity index (χ1) is 17.3. The minimum atomic E-state index is -1.36. The Labute approximate surface area is 205 Å². The van der Waals surface area contributed by atoms with Crippen LogP contribution in [0.15, 0.2) is 60.9 Å². The fourth-order valence-electron chi connectivity index (χ4n) is 4.24. The number of urea groups is 1. The zero-order valence-corrected chi connectivity index (χ0v) is 19.8. The fraction of sp³-hybridized carbons (Fsp3) is 0.208. The Morgan fingerprint density at radius 1 is 1.06 bits per heavy atom. The van der Waals surface area contributed by atoms with E-state index in [4.69, 9.17) is 0 Å². The minimum Gasteiger partial charge on any atom is -0.321 e. The summed E-state index contributed by atoms with van der Waals surface area (Å²) in [4.78, 5) is 39.9. The van der Waals surface area contributed by atoms with E-state index in [0.29, 0.717) is 22.6 Å². The standard InChI is InChI=1S/C24H23N9O3/c1-15-21(16(2)33(28-15)18-9-5-4-6-10-18)26-20(34)13-31-22(35)24(3,27-23(31)36)17-8-7-11-19(12-17)32-14-25-29-30-32/h4-12,14H,13H2,1-3H3,(H,26,34)(H,27,36)/t24-/m1/s1. The summed E-state index contributed by atoms with van der Waals surface area (Å²) in [7, 11) is 0. The van der Waals surface area contributed by atoms with Gasteiger partial charge >= 0.3 is 6.03 Å². The maximum atomic E-state index is 13.3. The normalized spacial score (nSPS) is 17.4. The van der Waals surface area contributed by atoms with Crippen molar-refractivity contribution < 1.29 is 14.4 Å². The molecule has 12 nitrogen and oxygen atoms in total. The van der Waals surface area contributed by atoms with Crippen LogP contribution in [0, 0.1) is 13.8 Å². The second-order valence-electron chi connectivity index (χ2n) is 8.59. The predicted molar refractivity (Wildman–Crippen MR) is 128 cm³/mol. The number of carbonyl (C=O) groups is 3. The SMILES string of the molecule is Cc1nn(-c2ccccc2)c(C)c1NC(=O)CN1C(=O)N[C@](C)(c2cccc(-n3cnnn3)c2)C1=O. The Bertz CT molecular complexity index is 1460. The van der Waals surface area contributed by atoms with E-state index < -0.39 is 29.9 Å². The molecule has 0 bridgehead atoms. The van der Waals surface area contributed by atoms with Crippen LogP contribution in [0.5, 0.6) is 0 Å². The van der Waals surface area contributed by atoms with E-state index in [1.165, 1.54) is 11.0 Å². The maximum Gasteiger partial charge on any atom is 0.325 e. The molecule has 2 aromatic heterocycles. The molecule has 2 aromatic carbocycles. The number of carbonyl (C=O) groups excluding carboxylic acids is 3. The van der Waals surface area contributed by atoms with E-state index in [9.17, 15) is 14.4 Å². The molecule has 1 fully saturated rings. The number of aromatic nitrogens is 6. The van der Waals surface area contributed by atoms with Gasteiger partial charge in [0.25, 0.3) is 5.91 Å². The van der Waals surface area contributed by atoms with Gasteiger partial charge in [0.2, 0.25) is 5.91 Å². The number of para-hydroxylation sites is 1. The molecule has 3 heterocycles. The van der Waals surface area contributed by atoms with E-state index in [1.54, 1.807) is 42.8 Å². The van der Waals surface area contributed by atoms with Gasteiger partial charge in [0.05, 0.1) is 28.5 Å². The van der Waals surface area contributed by atoms with E-state index >= 15 is 0 Å². The Balaban J connectivity index is 1.34. The summed E-state index contributed by atoms with van der Waals surface area (Å²) in [5.74, 6) is -1.05. The van der Waals surface area contributed by atoms with Crippen molar-refractivity contribution in [3.8, 4) is 11.4 Å². The number of nitrogens with one attached hydrogen (secondary N) is 2. The molecule has 0 spiro atoms. The highest BCUT2D eigenvalue weighted by Gasteiger charge is 2.49. The first kappa shape index (κ1) is 22.9. The number of amides is 4. The van der Waals surface area contributed by atoms with Crippen LogP contribution in [-0.2, 0) is 15.1 Å². The van der Waals surface area contributed by atoms with Gasteiger partial charge in [-0.15, -0.1) is 5.10 Å². The summed E-state index contributed by atoms with van der Waals surface area (Å²) in [5.41, 5.74) is 2.54. The number of imide groups is 1. The lowest BCUT2D eigenvalue weighted by Gasteiger charge is -2.22. The van der Waals surface area contributed by atoms with Gasteiger partial charge in [-0.2, -0.15) is 5.10 Å². The minimum absolute atomic E-state index is 0.442. The van der Waals surface area contributed by atoms with Crippen LogP contribution in [-0.4, -0.2) is 59.3 Å². The monoisotopic (exact) mass is 485 g/mol. The summed E-state index contributed by atoms with van der Waals surface area (Å²) in [5, 5.41) is 21.1. The molecule has 36 heavy (non-hydrogen) atoms. The molecule has 4 amide bonds. The number of benzene rings is 2. The van der Waals surface area contributed by atoms with E-state index in [0.717, 1.165) is 16.3 Å². The summed E-state index contributed by atoms with van der Waals surface area (Å²) in [6, 6.07) is 15.8. The number of nitrogens with zero attached hydrogens (tertiary/aromatic N) is 7. The number of hydrogen-bond acceptors (Lipinski definition) is 7. The van der Waals surface area contributed by atoms with Crippen LogP contribution >= 0.6 is 0 Å². The zero-order chi connectivity index (χ0) is 25.4. The lowest BCUT2D eigenvalue weighted by atomic mass is 9.91. The lowest BCUT2D eigenvalue weighted by Crippen LogP contribution is -2.42. The van der Waals surface area contributed by atoms with Crippen molar-refractivity contribution in [1.29, 1.82) is 0 Å². The number of rotatable bonds is 6. The van der Waals surface area contributed by atoms with Crippen molar-refractivity contribution in [2.75, 3.05) is 11.9 Å². The first-order valence-electron chi connectivity index (χ1n) is 11.2. The largest absolute Gasteiger partial charge is 0.325 e. The van der Waals surface area contributed by atoms with Crippen LogP contribution < -0.4 is 10.6 Å². The molecule has 182 valence electrons. The molecule has 5 rings (SSSR count). The summed E-state index contributed by atoms with van der Waals surface area (Å²) >= 11 is 0. The molecule has 2 N–H and O–H groups in total. The van der Waals surface area contributed by atoms with Gasteiger partial charge in [0.1, 0.15) is 18.4 Å². The van der Waals surface area contributed by atoms with Crippen molar-refractivity contribution in [2.24, 2.45) is 0 Å². The van der Waals surface area contributed by atoms with Crippen LogP contribution in [0.25, 0.3) is 11.4 Å². The molecule has 0 aliphatic carbocycles. The average molecular weight is 486 g/mol. The van der Waals surface area contributed by atoms with Crippen molar-refractivity contribution in [3.05, 3.63) is 77.9 Å². The van der Waals surface area contributed by atoms with Crippen LogP contribution in [0.2, 0.25) is 0 Å². The number of anilines is 1. The van der Waals surface area contributed by atoms with Crippen LogP contribution in [0.3, 0.4) is 0 Å². The fourth-order valence-corrected chi connectivity index (χ4v) is 4.24. The highest BCUT2D eigenvalue weighted by molar-refractivity contribution is 6.10. The quantitative estimate of drug-likeness (QED) is 0.397. The number of tetrazole rings is 1. The predicted octanol–water partition coefficient (Wildman–Crippen LogP) is 1.87. The molecule has 0 unspecified atom stereocenters. The molecule has 1 saturated heterocycles. The van der Waals surface area contributed by atoms with Crippen molar-refractivity contribution in [3.63, 3.8) is 0 Å². The molecule has 12 heteroatoms. The molecule has 0 radical (unpaired) electrons. The van der Waals surface area contributed by atoms with Crippen molar-refractivity contribution in [2.45, 2.75) is 26.3 Å². The topological polar surface area (TPSA) is 140 Å². The summed E-state index contributed by atoms with van der Waals surface area (Å²) < 4.78 is 3.17. The third-order valence-electron chi connectivity index (χ3n) is 6.17. The maximum absolute atomic E-state index is 13.3. The van der Waals surface area contributed by atoms with Gasteiger partial charge < -0.3 is 10.6 Å². The van der Waals surface area contributed by atoms with Crippen molar-refractivity contribution in [1.82, 2.24) is 40.2 Å². The molecule has 1 aliphatic rings. The second-order valence-corrected chi connectivity index (χ2v) is 8.59. The van der Waals surface area contributed by atoms with E-state index in [-0.39, 0.29) is 0 Å². The van der Waals surface area contributed by atoms with Crippen LogP contribution in [0.4, 0.5) is 10.5 Å². The lowest BCUT2D eigenvalue weighted by molar-refractivity contribution is -0.133. The van der Waals surface area contributed by atoms with Gasteiger partial charge in [0, 0.05) is 0 Å². The third kappa shape index (κ3) is 3.87. The van der Waals surface area contributed by atoms with E-state index in [1.807, 2.05) is 37.3 Å². The molecule has 1 aliphatic heterocycles. The van der Waals surface area contributed by atoms with Gasteiger partial charge in [0.15, 0.2) is 0 Å². The molecule has 1 atom stereocenters. The first-order valence-corrected chi connectivity index (χ1v) is 11.2. The van der Waals surface area contributed by atoms with Gasteiger partial charge in [-0.05, 0) is 61.0 Å². The van der Waals surface area contributed by atoms with Gasteiger partial charge in [-0.3, -0.25) is 14.5 Å². The van der Waals surface area contributed by atoms with Crippen molar-refractivity contribution >= 4 is 23.5 Å². The Morgan fingerprint density at radius 2 is 1.81 bits per heavy atom. The highest BCUT2D eigenvalue weighted by atomic mass is 16.2. The molecular weight excluding hydrogens is 462 g/mol. The Kier molecular flexibility index (Phi) is 5.55. The summed E-state index contributed by atoms with van der Waals surface area (Å²) in [6.45, 7) is 4.78. The third-order valence-corrected chi connectivity index (χ3v) is 6.17. The van der Waals surface area contributed by atoms with E-state index in [2.05, 4.69) is 31.3 Å². The van der Waals surface area contributed by atoms with Gasteiger partial charge in [-0.25, -0.2) is 14.2 Å². The average Bonchev–Trinajstić information content (AvgIpc) is 3.57. The molecular formula is C24H23N9O3. The smallest absolute Gasteiger partial charge is 0.321 e. The van der Waals surface area contributed by atoms with Crippen LogP contribution in [0.1, 0.15) is 23.9 Å². The summed E-state index contributed by atoms with van der Waals surface area (Å²) in [6.07, 6.45) is 1.43. The molecule has 0 saturated carbocycles. The van der Waals surface area contributed by atoms with Gasteiger partial charge in [-0.1, -0.05) is 30.3 Å². The highest BCUT2D eigenvalue weighted by Crippen LogP contribution is 2.30. The number of aryl methyl sites for hydroxylation is 1.